The van der Waals surface area contributed by atoms with Crippen LogP contribution in [0.15, 0.2) is 47.0 Å². The summed E-state index contributed by atoms with van der Waals surface area (Å²) in [5, 5.41) is 3.95. The molecule has 1 aromatic heterocycles. The molecule has 32 heavy (non-hydrogen) atoms. The molecule has 0 radical (unpaired) electrons. The van der Waals surface area contributed by atoms with Crippen LogP contribution >= 0.6 is 11.6 Å². The van der Waals surface area contributed by atoms with Gasteiger partial charge in [0, 0.05) is 31.9 Å². The number of anilines is 1. The van der Waals surface area contributed by atoms with Crippen molar-refractivity contribution in [1.29, 1.82) is 0 Å². The minimum atomic E-state index is -4.43. The lowest BCUT2D eigenvalue weighted by molar-refractivity contribution is -0.137. The Morgan fingerprint density at radius 2 is 1.78 bits per heavy atom. The molecule has 1 fully saturated rings. The summed E-state index contributed by atoms with van der Waals surface area (Å²) < 4.78 is 58.6. The minimum absolute atomic E-state index is 0.0167. The van der Waals surface area contributed by atoms with Crippen LogP contribution in [-0.2, 0) is 6.18 Å². The molecule has 1 amide bonds. The largest absolute Gasteiger partial charge is 0.416 e. The molecule has 1 aliphatic rings. The second-order valence-corrected chi connectivity index (χ2v) is 7.79. The van der Waals surface area contributed by atoms with Gasteiger partial charge in [0.15, 0.2) is 0 Å². The molecule has 1 aliphatic heterocycles. The molecular formula is C22H18ClF4N3O2. The van der Waals surface area contributed by atoms with E-state index in [2.05, 4.69) is 5.16 Å². The number of hydrogen-bond acceptors (Lipinski definition) is 4. The first kappa shape index (κ1) is 22.1. The van der Waals surface area contributed by atoms with Crippen LogP contribution in [0.5, 0.6) is 0 Å². The highest BCUT2D eigenvalue weighted by molar-refractivity contribution is 6.33. The van der Waals surface area contributed by atoms with E-state index < -0.39 is 23.5 Å². The zero-order chi connectivity index (χ0) is 23.0. The third-order valence-corrected chi connectivity index (χ3v) is 5.70. The summed E-state index contributed by atoms with van der Waals surface area (Å²) in [7, 11) is 0. The van der Waals surface area contributed by atoms with Gasteiger partial charge in [-0.25, -0.2) is 4.39 Å². The highest BCUT2D eigenvalue weighted by Gasteiger charge is 2.33. The monoisotopic (exact) mass is 467 g/mol. The topological polar surface area (TPSA) is 49.6 Å². The molecule has 168 valence electrons. The highest BCUT2D eigenvalue weighted by atomic mass is 35.5. The van der Waals surface area contributed by atoms with Crippen molar-refractivity contribution >= 4 is 23.2 Å². The number of aromatic nitrogens is 1. The van der Waals surface area contributed by atoms with Crippen LogP contribution in [0.3, 0.4) is 0 Å². The number of rotatable bonds is 3. The molecule has 1 saturated heterocycles. The first-order chi connectivity index (χ1) is 15.2. The molecule has 0 aliphatic carbocycles. The number of nitrogens with zero attached hydrogens (tertiary/aromatic N) is 3. The van der Waals surface area contributed by atoms with Crippen LogP contribution in [0, 0.1) is 12.7 Å². The molecule has 0 N–H and O–H groups in total. The molecule has 0 unspecified atom stereocenters. The van der Waals surface area contributed by atoms with Crippen molar-refractivity contribution in [3.8, 4) is 11.3 Å². The quantitative estimate of drug-likeness (QED) is 0.482. The van der Waals surface area contributed by atoms with Crippen LogP contribution in [0.1, 0.15) is 21.7 Å². The van der Waals surface area contributed by atoms with Crippen molar-refractivity contribution in [2.24, 2.45) is 0 Å². The molecule has 0 spiro atoms. The summed E-state index contributed by atoms with van der Waals surface area (Å²) in [6, 6.07) is 9.24. The lowest BCUT2D eigenvalue weighted by Crippen LogP contribution is -2.49. The van der Waals surface area contributed by atoms with E-state index in [1.165, 1.54) is 24.3 Å². The molecule has 0 saturated carbocycles. The maximum atomic E-state index is 14.4. The third-order valence-electron chi connectivity index (χ3n) is 5.38. The van der Waals surface area contributed by atoms with Gasteiger partial charge in [-0.15, -0.1) is 0 Å². The van der Waals surface area contributed by atoms with Crippen molar-refractivity contribution in [3.05, 3.63) is 70.2 Å². The third kappa shape index (κ3) is 4.17. The number of carbonyl (C=O) groups is 1. The molecule has 0 bridgehead atoms. The number of amides is 1. The van der Waals surface area contributed by atoms with Gasteiger partial charge in [-0.3, -0.25) is 4.79 Å². The first-order valence-electron chi connectivity index (χ1n) is 9.79. The van der Waals surface area contributed by atoms with E-state index in [0.29, 0.717) is 18.8 Å². The molecule has 2 heterocycles. The Morgan fingerprint density at radius 3 is 2.44 bits per heavy atom. The van der Waals surface area contributed by atoms with Crippen molar-refractivity contribution < 1.29 is 26.9 Å². The zero-order valence-corrected chi connectivity index (χ0v) is 17.7. The van der Waals surface area contributed by atoms with Gasteiger partial charge in [0.1, 0.15) is 22.8 Å². The maximum Gasteiger partial charge on any atom is 0.416 e. The van der Waals surface area contributed by atoms with Gasteiger partial charge in [0.05, 0.1) is 16.1 Å². The van der Waals surface area contributed by atoms with E-state index in [1.54, 1.807) is 22.8 Å². The molecular weight excluding hydrogens is 450 g/mol. The van der Waals surface area contributed by atoms with Crippen molar-refractivity contribution in [1.82, 2.24) is 10.1 Å². The van der Waals surface area contributed by atoms with Crippen LogP contribution in [0.25, 0.3) is 11.3 Å². The number of benzene rings is 2. The van der Waals surface area contributed by atoms with Gasteiger partial charge in [-0.05, 0) is 37.3 Å². The van der Waals surface area contributed by atoms with Gasteiger partial charge >= 0.3 is 6.18 Å². The van der Waals surface area contributed by atoms with Crippen LogP contribution in [0.2, 0.25) is 5.02 Å². The first-order valence-corrected chi connectivity index (χ1v) is 10.2. The normalized spacial score (nSPS) is 14.7. The Morgan fingerprint density at radius 1 is 1.09 bits per heavy atom. The average Bonchev–Trinajstić information content (AvgIpc) is 3.13. The number of aryl methyl sites for hydroxylation is 1. The fraction of sp³-hybridized carbons (Fsp3) is 0.273. The Bertz CT molecular complexity index is 1130. The lowest BCUT2D eigenvalue weighted by atomic mass is 10.0. The second kappa shape index (κ2) is 8.46. The number of carbonyl (C=O) groups excluding carboxylic acids is 1. The van der Waals surface area contributed by atoms with Crippen molar-refractivity contribution in [2.75, 3.05) is 31.1 Å². The molecule has 3 aromatic rings. The lowest BCUT2D eigenvalue weighted by Gasteiger charge is -2.36. The van der Waals surface area contributed by atoms with Gasteiger partial charge in [0.25, 0.3) is 5.91 Å². The molecule has 5 nitrogen and oxygen atoms in total. The standard InChI is InChI=1S/C22H18ClF4N3O2/c1-13-18(20(28-32-13)19-16(23)6-3-7-17(19)24)21(31)30-10-8-29(9-11-30)15-5-2-4-14(12-15)22(25,26)27/h2-7,12H,8-11H2,1H3. The van der Waals surface area contributed by atoms with Crippen LogP contribution in [0.4, 0.5) is 23.2 Å². The number of piperazine rings is 1. The van der Waals surface area contributed by atoms with E-state index >= 15 is 0 Å². The van der Waals surface area contributed by atoms with Crippen molar-refractivity contribution in [2.45, 2.75) is 13.1 Å². The van der Waals surface area contributed by atoms with Crippen LogP contribution < -0.4 is 4.90 Å². The fourth-order valence-electron chi connectivity index (χ4n) is 3.72. The van der Waals surface area contributed by atoms with Gasteiger partial charge in [-0.2, -0.15) is 13.2 Å². The average molecular weight is 468 g/mol. The molecule has 2 aromatic carbocycles. The number of halogens is 5. The summed E-state index contributed by atoms with van der Waals surface area (Å²) in [6.07, 6.45) is -4.43. The van der Waals surface area contributed by atoms with Crippen LogP contribution in [-0.4, -0.2) is 42.1 Å². The molecule has 4 rings (SSSR count). The Hall–Kier alpha value is -3.07. The van der Waals surface area contributed by atoms with Gasteiger partial charge in [0.2, 0.25) is 0 Å². The molecule has 0 atom stereocenters. The van der Waals surface area contributed by atoms with Crippen molar-refractivity contribution in [3.63, 3.8) is 0 Å². The Kier molecular flexibility index (Phi) is 5.85. The predicted octanol–water partition coefficient (Wildman–Crippen LogP) is 5.42. The Labute approximate surface area is 186 Å². The molecule has 10 heteroatoms. The summed E-state index contributed by atoms with van der Waals surface area (Å²) in [4.78, 5) is 16.5. The number of alkyl halides is 3. The van der Waals surface area contributed by atoms with Gasteiger partial charge < -0.3 is 14.3 Å². The minimum Gasteiger partial charge on any atom is -0.368 e. The predicted molar refractivity (Wildman–Crippen MR) is 111 cm³/mol. The Balaban J connectivity index is 1.54. The summed E-state index contributed by atoms with van der Waals surface area (Å²) >= 11 is 6.13. The van der Waals surface area contributed by atoms with E-state index in [-0.39, 0.29) is 40.7 Å². The smallest absolute Gasteiger partial charge is 0.368 e. The van der Waals surface area contributed by atoms with E-state index in [4.69, 9.17) is 16.1 Å². The zero-order valence-electron chi connectivity index (χ0n) is 16.9. The maximum absolute atomic E-state index is 14.4. The number of hydrogen-bond donors (Lipinski definition) is 0. The second-order valence-electron chi connectivity index (χ2n) is 7.39. The van der Waals surface area contributed by atoms with E-state index in [9.17, 15) is 22.4 Å². The van der Waals surface area contributed by atoms with E-state index in [0.717, 1.165) is 12.1 Å². The highest BCUT2D eigenvalue weighted by Crippen LogP contribution is 2.35. The van der Waals surface area contributed by atoms with E-state index in [1.807, 2.05) is 0 Å². The summed E-state index contributed by atoms with van der Waals surface area (Å²) in [5.41, 5.74) is -0.163. The van der Waals surface area contributed by atoms with Gasteiger partial charge in [-0.1, -0.05) is 28.9 Å². The summed E-state index contributed by atoms with van der Waals surface area (Å²) in [5.74, 6) is -0.805. The fourth-order valence-corrected chi connectivity index (χ4v) is 3.98. The SMILES string of the molecule is Cc1onc(-c2c(F)cccc2Cl)c1C(=O)N1CCN(c2cccc(C(F)(F)F)c2)CC1. The summed E-state index contributed by atoms with van der Waals surface area (Å²) in [6.45, 7) is 2.77.